The van der Waals surface area contributed by atoms with Gasteiger partial charge in [0.2, 0.25) is 5.91 Å². The summed E-state index contributed by atoms with van der Waals surface area (Å²) in [6.45, 7) is 0.302. The van der Waals surface area contributed by atoms with Crippen molar-refractivity contribution < 1.29 is 22.7 Å². The van der Waals surface area contributed by atoms with Crippen molar-refractivity contribution in [2.75, 3.05) is 18.6 Å². The minimum absolute atomic E-state index is 0.0693. The summed E-state index contributed by atoms with van der Waals surface area (Å²) in [4.78, 5) is 23.2. The Hall–Kier alpha value is -1.89. The Labute approximate surface area is 123 Å². The summed E-state index contributed by atoms with van der Waals surface area (Å²) < 4.78 is 27.2. The predicted molar refractivity (Wildman–Crippen MR) is 76.4 cm³/mol. The summed E-state index contributed by atoms with van der Waals surface area (Å²) in [5.74, 6) is -1.10. The summed E-state index contributed by atoms with van der Waals surface area (Å²) in [6, 6.07) is 6.68. The molecule has 21 heavy (non-hydrogen) atoms. The normalized spacial score (nSPS) is 20.0. The van der Waals surface area contributed by atoms with Crippen LogP contribution in [0.3, 0.4) is 0 Å². The zero-order chi connectivity index (χ0) is 15.5. The van der Waals surface area contributed by atoms with Crippen LogP contribution in [0.25, 0.3) is 0 Å². The van der Waals surface area contributed by atoms with Gasteiger partial charge in [0, 0.05) is 6.54 Å². The van der Waals surface area contributed by atoms with Crippen LogP contribution in [0.2, 0.25) is 0 Å². The standard InChI is InChI=1S/C14H17NO5S/c1-20-14(17)11-4-2-10(3-5-11)8-15-13(16)12-6-7-21(18,19)9-12/h2-5,12H,6-9H2,1H3,(H,15,16). The first-order chi connectivity index (χ1) is 9.91. The van der Waals surface area contributed by atoms with Gasteiger partial charge < -0.3 is 10.1 Å². The molecule has 1 atom stereocenters. The number of sulfone groups is 1. The second-order valence-corrected chi connectivity index (χ2v) is 7.23. The quantitative estimate of drug-likeness (QED) is 0.819. The number of hydrogen-bond acceptors (Lipinski definition) is 5. The average molecular weight is 311 g/mol. The van der Waals surface area contributed by atoms with Crippen molar-refractivity contribution in [3.05, 3.63) is 35.4 Å². The molecule has 1 unspecified atom stereocenters. The summed E-state index contributed by atoms with van der Waals surface area (Å²) in [6.07, 6.45) is 0.384. The Kier molecular flexibility index (Phi) is 4.62. The van der Waals surface area contributed by atoms with Gasteiger partial charge in [-0.05, 0) is 24.1 Å². The molecule has 1 N–H and O–H groups in total. The molecule has 1 saturated heterocycles. The maximum absolute atomic E-state index is 11.9. The molecule has 0 saturated carbocycles. The van der Waals surface area contributed by atoms with Crippen LogP contribution in [0.1, 0.15) is 22.3 Å². The fraction of sp³-hybridized carbons (Fsp3) is 0.429. The molecule has 0 aromatic heterocycles. The Bertz CT molecular complexity index is 636. The lowest BCUT2D eigenvalue weighted by Crippen LogP contribution is -2.30. The summed E-state index contributed by atoms with van der Waals surface area (Å²) in [5.41, 5.74) is 1.27. The van der Waals surface area contributed by atoms with Gasteiger partial charge in [-0.3, -0.25) is 4.79 Å². The number of esters is 1. The Morgan fingerprint density at radius 3 is 2.48 bits per heavy atom. The minimum Gasteiger partial charge on any atom is -0.465 e. The monoisotopic (exact) mass is 311 g/mol. The van der Waals surface area contributed by atoms with Crippen LogP contribution >= 0.6 is 0 Å². The van der Waals surface area contributed by atoms with Crippen molar-refractivity contribution in [1.29, 1.82) is 0 Å². The largest absolute Gasteiger partial charge is 0.465 e. The van der Waals surface area contributed by atoms with Crippen molar-refractivity contribution in [2.24, 2.45) is 5.92 Å². The van der Waals surface area contributed by atoms with Crippen molar-refractivity contribution in [1.82, 2.24) is 5.32 Å². The summed E-state index contributed by atoms with van der Waals surface area (Å²) >= 11 is 0. The Morgan fingerprint density at radius 2 is 1.95 bits per heavy atom. The van der Waals surface area contributed by atoms with Gasteiger partial charge in [-0.2, -0.15) is 0 Å². The van der Waals surface area contributed by atoms with Crippen molar-refractivity contribution in [2.45, 2.75) is 13.0 Å². The smallest absolute Gasteiger partial charge is 0.337 e. The molecule has 0 bridgehead atoms. The molecule has 7 heteroatoms. The highest BCUT2D eigenvalue weighted by molar-refractivity contribution is 7.91. The van der Waals surface area contributed by atoms with Crippen LogP contribution in [-0.2, 0) is 25.9 Å². The van der Waals surface area contributed by atoms with Crippen LogP contribution in [0.5, 0.6) is 0 Å². The Balaban J connectivity index is 1.88. The van der Waals surface area contributed by atoms with E-state index >= 15 is 0 Å². The molecule has 1 aliphatic rings. The summed E-state index contributed by atoms with van der Waals surface area (Å²) in [5, 5.41) is 2.72. The predicted octanol–water partition coefficient (Wildman–Crippen LogP) is 0.524. The lowest BCUT2D eigenvalue weighted by Gasteiger charge is -2.09. The number of rotatable bonds is 4. The van der Waals surface area contributed by atoms with Gasteiger partial charge in [0.1, 0.15) is 0 Å². The van der Waals surface area contributed by atoms with Gasteiger partial charge in [0.25, 0.3) is 0 Å². The van der Waals surface area contributed by atoms with E-state index in [-0.39, 0.29) is 17.4 Å². The van der Waals surface area contributed by atoms with E-state index in [9.17, 15) is 18.0 Å². The average Bonchev–Trinajstić information content (AvgIpc) is 2.84. The maximum atomic E-state index is 11.9. The molecule has 0 aliphatic carbocycles. The maximum Gasteiger partial charge on any atom is 0.337 e. The first-order valence-electron chi connectivity index (χ1n) is 6.56. The number of hydrogen-bond donors (Lipinski definition) is 1. The third kappa shape index (κ3) is 4.04. The van der Waals surface area contributed by atoms with Gasteiger partial charge >= 0.3 is 5.97 Å². The molecule has 1 amide bonds. The summed E-state index contributed by atoms with van der Waals surface area (Å²) in [7, 11) is -1.74. The molecule has 1 aliphatic heterocycles. The Morgan fingerprint density at radius 1 is 1.29 bits per heavy atom. The van der Waals surface area contributed by atoms with Crippen LogP contribution in [-0.4, -0.2) is 38.9 Å². The SMILES string of the molecule is COC(=O)c1ccc(CNC(=O)C2CCS(=O)(=O)C2)cc1. The van der Waals surface area contributed by atoms with E-state index in [4.69, 9.17) is 0 Å². The second-order valence-electron chi connectivity index (χ2n) is 5.01. The molecule has 1 aromatic rings. The van der Waals surface area contributed by atoms with E-state index in [1.807, 2.05) is 0 Å². The first-order valence-corrected chi connectivity index (χ1v) is 8.39. The topological polar surface area (TPSA) is 89.5 Å². The fourth-order valence-corrected chi connectivity index (χ4v) is 3.95. The van der Waals surface area contributed by atoms with Gasteiger partial charge in [0.15, 0.2) is 9.84 Å². The van der Waals surface area contributed by atoms with E-state index < -0.39 is 21.7 Å². The van der Waals surface area contributed by atoms with Gasteiger partial charge in [0.05, 0.1) is 30.1 Å². The first kappa shape index (κ1) is 15.5. The fourth-order valence-electron chi connectivity index (χ4n) is 2.21. The highest BCUT2D eigenvalue weighted by Gasteiger charge is 2.32. The van der Waals surface area contributed by atoms with Crippen molar-refractivity contribution in [3.8, 4) is 0 Å². The third-order valence-corrected chi connectivity index (χ3v) is 5.21. The van der Waals surface area contributed by atoms with Crippen LogP contribution in [0, 0.1) is 5.92 Å². The van der Waals surface area contributed by atoms with Crippen molar-refractivity contribution in [3.63, 3.8) is 0 Å². The molecule has 0 spiro atoms. The molecule has 1 aromatic carbocycles. The number of benzene rings is 1. The lowest BCUT2D eigenvalue weighted by atomic mass is 10.1. The van der Waals surface area contributed by atoms with Crippen molar-refractivity contribution >= 4 is 21.7 Å². The lowest BCUT2D eigenvalue weighted by molar-refractivity contribution is -0.124. The molecular formula is C14H17NO5S. The molecule has 1 fully saturated rings. The molecule has 0 radical (unpaired) electrons. The molecule has 1 heterocycles. The number of amides is 1. The van der Waals surface area contributed by atoms with Crippen LogP contribution in [0.15, 0.2) is 24.3 Å². The van der Waals surface area contributed by atoms with E-state index in [2.05, 4.69) is 10.1 Å². The van der Waals surface area contributed by atoms with E-state index in [1.165, 1.54) is 7.11 Å². The molecule has 6 nitrogen and oxygen atoms in total. The molecule has 114 valence electrons. The van der Waals surface area contributed by atoms with E-state index in [1.54, 1.807) is 24.3 Å². The number of ether oxygens (including phenoxy) is 1. The number of carbonyl (C=O) groups is 2. The van der Waals surface area contributed by atoms with E-state index in [0.29, 0.717) is 18.5 Å². The zero-order valence-corrected chi connectivity index (χ0v) is 12.5. The van der Waals surface area contributed by atoms with Crippen LogP contribution < -0.4 is 5.32 Å². The third-order valence-electron chi connectivity index (χ3n) is 3.45. The van der Waals surface area contributed by atoms with Gasteiger partial charge in [-0.25, -0.2) is 13.2 Å². The zero-order valence-electron chi connectivity index (χ0n) is 11.7. The molecular weight excluding hydrogens is 294 g/mol. The molecule has 2 rings (SSSR count). The number of carbonyl (C=O) groups excluding carboxylic acids is 2. The minimum atomic E-state index is -3.05. The van der Waals surface area contributed by atoms with Gasteiger partial charge in [-0.1, -0.05) is 12.1 Å². The van der Waals surface area contributed by atoms with Crippen LogP contribution in [0.4, 0.5) is 0 Å². The second kappa shape index (κ2) is 6.26. The number of methoxy groups -OCH3 is 1. The number of nitrogens with one attached hydrogen (secondary N) is 1. The highest BCUT2D eigenvalue weighted by Crippen LogP contribution is 2.18. The van der Waals surface area contributed by atoms with E-state index in [0.717, 1.165) is 5.56 Å². The van der Waals surface area contributed by atoms with Gasteiger partial charge in [-0.15, -0.1) is 0 Å². The highest BCUT2D eigenvalue weighted by atomic mass is 32.2.